The molecule has 0 aromatic rings. The first-order valence-electron chi connectivity index (χ1n) is 12.8. The van der Waals surface area contributed by atoms with Crippen molar-refractivity contribution < 1.29 is 29.0 Å². The van der Waals surface area contributed by atoms with Gasteiger partial charge in [0.1, 0.15) is 11.6 Å². The molecule has 1 spiro atoms. The van der Waals surface area contributed by atoms with Crippen LogP contribution in [0, 0.1) is 11.8 Å². The maximum Gasteiger partial charge on any atom is 0.245 e. The molecule has 10 heteroatoms. The highest BCUT2D eigenvalue weighted by atomic mass is 16.5. The fourth-order valence-electron chi connectivity index (χ4n) is 6.53. The number of hydrogen-bond donors (Lipinski definition) is 3. The van der Waals surface area contributed by atoms with Gasteiger partial charge in [0, 0.05) is 32.7 Å². The van der Waals surface area contributed by atoms with E-state index in [1.165, 1.54) is 4.90 Å². The zero-order chi connectivity index (χ0) is 24.5. The molecule has 0 aromatic heterocycles. The molecule has 6 atom stereocenters. The van der Waals surface area contributed by atoms with Gasteiger partial charge in [0.05, 0.1) is 43.3 Å². The Bertz CT molecular complexity index is 789. The van der Waals surface area contributed by atoms with Crippen molar-refractivity contribution in [3.8, 4) is 0 Å². The highest BCUT2D eigenvalue weighted by molar-refractivity contribution is 5.99. The van der Waals surface area contributed by atoms with Crippen molar-refractivity contribution in [2.45, 2.75) is 69.7 Å². The number of aliphatic hydroxyl groups excluding tert-OH is 1. The first kappa shape index (κ1) is 25.3. The minimum atomic E-state index is -1.05. The van der Waals surface area contributed by atoms with Crippen molar-refractivity contribution in [2.75, 3.05) is 52.5 Å². The van der Waals surface area contributed by atoms with Crippen LogP contribution in [0.2, 0.25) is 0 Å². The van der Waals surface area contributed by atoms with Gasteiger partial charge in [0.2, 0.25) is 17.7 Å². The van der Waals surface area contributed by atoms with Crippen LogP contribution in [0.25, 0.3) is 0 Å². The van der Waals surface area contributed by atoms with Crippen molar-refractivity contribution in [2.24, 2.45) is 11.8 Å². The van der Waals surface area contributed by atoms with Gasteiger partial charge in [0.15, 0.2) is 0 Å². The summed E-state index contributed by atoms with van der Waals surface area (Å²) < 4.78 is 12.0. The Morgan fingerprint density at radius 3 is 2.50 bits per heavy atom. The third kappa shape index (κ3) is 4.02. The lowest BCUT2D eigenvalue weighted by Crippen LogP contribution is -2.58. The van der Waals surface area contributed by atoms with Crippen LogP contribution in [0.5, 0.6) is 0 Å². The maximum absolute atomic E-state index is 13.8. The summed E-state index contributed by atoms with van der Waals surface area (Å²) in [7, 11) is 0. The number of rotatable bonds is 10. The van der Waals surface area contributed by atoms with Gasteiger partial charge in [-0.15, -0.1) is 0 Å². The van der Waals surface area contributed by atoms with E-state index < -0.39 is 35.1 Å². The van der Waals surface area contributed by atoms with Gasteiger partial charge in [-0.2, -0.15) is 0 Å². The molecule has 4 aliphatic heterocycles. The fraction of sp³-hybridized carbons (Fsp3) is 0.875. The number of amides is 3. The molecule has 0 aromatic carbocycles. The van der Waals surface area contributed by atoms with E-state index in [4.69, 9.17) is 9.47 Å². The van der Waals surface area contributed by atoms with E-state index in [9.17, 15) is 19.5 Å². The molecule has 4 fully saturated rings. The summed E-state index contributed by atoms with van der Waals surface area (Å²) in [5.74, 6) is -2.06. The summed E-state index contributed by atoms with van der Waals surface area (Å²) in [4.78, 5) is 44.4. The summed E-state index contributed by atoms with van der Waals surface area (Å²) >= 11 is 0. The zero-order valence-corrected chi connectivity index (χ0v) is 20.7. The number of carbonyl (C=O) groups is 3. The van der Waals surface area contributed by atoms with E-state index in [-0.39, 0.29) is 24.3 Å². The van der Waals surface area contributed by atoms with Gasteiger partial charge in [-0.05, 0) is 32.6 Å². The third-order valence-electron chi connectivity index (χ3n) is 8.27. The lowest BCUT2D eigenvalue weighted by molar-refractivity contribution is -0.150. The molecule has 2 bridgehead atoms. The minimum absolute atomic E-state index is 0.173. The summed E-state index contributed by atoms with van der Waals surface area (Å²) in [6, 6.07) is -1.42. The van der Waals surface area contributed by atoms with Crippen LogP contribution in [0.1, 0.15) is 46.5 Å². The molecule has 2 unspecified atom stereocenters. The summed E-state index contributed by atoms with van der Waals surface area (Å²) in [6.45, 7) is 10.1. The molecule has 3 N–H and O–H groups in total. The van der Waals surface area contributed by atoms with Crippen LogP contribution in [-0.4, -0.2) is 108 Å². The van der Waals surface area contributed by atoms with Gasteiger partial charge in [0.25, 0.3) is 0 Å². The number of likely N-dealkylation sites (tertiary alicyclic amines) is 1. The van der Waals surface area contributed by atoms with Gasteiger partial charge in [-0.3, -0.25) is 19.3 Å². The van der Waals surface area contributed by atoms with Crippen LogP contribution in [0.4, 0.5) is 0 Å². The highest BCUT2D eigenvalue weighted by Gasteiger charge is 2.78. The molecule has 4 saturated heterocycles. The summed E-state index contributed by atoms with van der Waals surface area (Å²) in [5.41, 5.74) is -1.78. The number of nitrogens with one attached hydrogen (secondary N) is 2. The minimum Gasteiger partial charge on any atom is -0.394 e. The van der Waals surface area contributed by atoms with E-state index in [2.05, 4.69) is 15.5 Å². The number of aliphatic hydroxyl groups is 1. The molecule has 192 valence electrons. The zero-order valence-electron chi connectivity index (χ0n) is 20.7. The topological polar surface area (TPSA) is 120 Å². The number of morpholine rings is 1. The van der Waals surface area contributed by atoms with E-state index >= 15 is 0 Å². The van der Waals surface area contributed by atoms with Gasteiger partial charge in [-0.1, -0.05) is 13.8 Å². The van der Waals surface area contributed by atoms with E-state index in [1.807, 2.05) is 13.8 Å². The number of hydrogen-bond acceptors (Lipinski definition) is 7. The average Bonchev–Trinajstić information content (AvgIpc) is 3.46. The second kappa shape index (κ2) is 10.1. The molecule has 34 heavy (non-hydrogen) atoms. The smallest absolute Gasteiger partial charge is 0.245 e. The first-order valence-corrected chi connectivity index (χ1v) is 12.8. The molecule has 3 amide bonds. The average molecular weight is 481 g/mol. The molecule has 0 saturated carbocycles. The Labute approximate surface area is 201 Å². The lowest BCUT2D eigenvalue weighted by atomic mass is 9.65. The van der Waals surface area contributed by atoms with Crippen LogP contribution in [0.3, 0.4) is 0 Å². The summed E-state index contributed by atoms with van der Waals surface area (Å²) in [6.07, 6.45) is 2.58. The Morgan fingerprint density at radius 2 is 1.85 bits per heavy atom. The third-order valence-corrected chi connectivity index (χ3v) is 8.27. The highest BCUT2D eigenvalue weighted by Crippen LogP contribution is 2.64. The first-order chi connectivity index (χ1) is 16.3. The number of carbonyl (C=O) groups excluding carboxylic acids is 3. The predicted octanol–water partition coefficient (Wildman–Crippen LogP) is -0.503. The van der Waals surface area contributed by atoms with Crippen LogP contribution < -0.4 is 10.6 Å². The molecule has 0 radical (unpaired) electrons. The van der Waals surface area contributed by atoms with E-state index in [1.54, 1.807) is 6.92 Å². The Balaban J connectivity index is 1.59. The molecular weight excluding hydrogens is 440 g/mol. The quantitative estimate of drug-likeness (QED) is 0.385. The van der Waals surface area contributed by atoms with Crippen LogP contribution in [0.15, 0.2) is 0 Å². The van der Waals surface area contributed by atoms with Gasteiger partial charge in [-0.25, -0.2) is 0 Å². The summed E-state index contributed by atoms with van der Waals surface area (Å²) in [5, 5.41) is 15.9. The van der Waals surface area contributed by atoms with Crippen molar-refractivity contribution in [3.63, 3.8) is 0 Å². The Hall–Kier alpha value is -1.75. The maximum atomic E-state index is 13.8. The van der Waals surface area contributed by atoms with Crippen LogP contribution in [-0.2, 0) is 23.9 Å². The molecule has 4 rings (SSSR count). The monoisotopic (exact) mass is 480 g/mol. The number of nitrogens with zero attached hydrogens (tertiary/aromatic N) is 2. The normalized spacial score (nSPS) is 35.9. The predicted molar refractivity (Wildman–Crippen MR) is 124 cm³/mol. The second-order valence-corrected chi connectivity index (χ2v) is 10.1. The van der Waals surface area contributed by atoms with Crippen molar-refractivity contribution in [1.82, 2.24) is 20.4 Å². The van der Waals surface area contributed by atoms with Crippen molar-refractivity contribution in [1.29, 1.82) is 0 Å². The lowest BCUT2D eigenvalue weighted by Gasteiger charge is -2.36. The Kier molecular flexibility index (Phi) is 7.52. The molecule has 4 heterocycles. The van der Waals surface area contributed by atoms with Crippen molar-refractivity contribution in [3.05, 3.63) is 0 Å². The van der Waals surface area contributed by atoms with Crippen molar-refractivity contribution >= 4 is 17.7 Å². The van der Waals surface area contributed by atoms with Gasteiger partial charge >= 0.3 is 0 Å². The fourth-order valence-corrected chi connectivity index (χ4v) is 6.53. The molecule has 0 aliphatic carbocycles. The second-order valence-electron chi connectivity index (χ2n) is 10.1. The van der Waals surface area contributed by atoms with Gasteiger partial charge < -0.3 is 30.1 Å². The standard InChI is InChI=1S/C24H40N4O6/c1-4-8-25-20(30)17-18-22(32)28(16(3)15-29)19(24(18)7-6-23(17,5-2)34-24)21(31)26-9-10-27-11-13-33-14-12-27/h16-19,29H,4-15H2,1-3H3,(H,25,30)(H,26,31)/t16-,17+,18+,19?,23-,24?/m1/s1. The number of ether oxygens (including phenoxy) is 2. The largest absolute Gasteiger partial charge is 0.394 e. The molecule has 10 nitrogen and oxygen atoms in total. The molecule has 4 aliphatic rings. The number of fused-ring (bicyclic) bond motifs is 1. The Morgan fingerprint density at radius 1 is 1.15 bits per heavy atom. The SMILES string of the molecule is CCCNC(=O)[C@@H]1[C@H]2C(=O)N([C@H](C)CO)C(C(=O)NCCN3CCOCC3)C23CC[C@@]1(CC)O3. The van der Waals surface area contributed by atoms with E-state index in [0.717, 1.165) is 19.5 Å². The van der Waals surface area contributed by atoms with E-state index in [0.29, 0.717) is 52.1 Å². The van der Waals surface area contributed by atoms with Crippen LogP contribution >= 0.6 is 0 Å². The molecular formula is C24H40N4O6.